The van der Waals surface area contributed by atoms with E-state index in [0.29, 0.717) is 30.1 Å². The van der Waals surface area contributed by atoms with Crippen LogP contribution in [-0.2, 0) is 22.6 Å². The number of alkyl carbamates (subject to hydrolysis) is 1. The topological polar surface area (TPSA) is 85.6 Å². The van der Waals surface area contributed by atoms with Crippen LogP contribution in [0, 0.1) is 5.92 Å². The first-order chi connectivity index (χ1) is 10.3. The predicted molar refractivity (Wildman–Crippen MR) is 83.3 cm³/mol. The Labute approximate surface area is 138 Å². The van der Waals surface area contributed by atoms with E-state index in [9.17, 15) is 9.90 Å². The fraction of sp³-hybridized carbons (Fsp3) is 0.714. The molecule has 1 aliphatic rings. The van der Waals surface area contributed by atoms with Gasteiger partial charge in [0, 0.05) is 5.92 Å². The molecular formula is C14H22BrN3O4. The lowest BCUT2D eigenvalue weighted by Gasteiger charge is -2.34. The summed E-state index contributed by atoms with van der Waals surface area (Å²) in [5.41, 5.74) is 0.138. The summed E-state index contributed by atoms with van der Waals surface area (Å²) >= 11 is 3.29. The molecule has 22 heavy (non-hydrogen) atoms. The van der Waals surface area contributed by atoms with E-state index < -0.39 is 11.7 Å². The van der Waals surface area contributed by atoms with Gasteiger partial charge in [-0.2, -0.15) is 5.10 Å². The third kappa shape index (κ3) is 4.69. The van der Waals surface area contributed by atoms with Crippen molar-refractivity contribution in [3.05, 3.63) is 16.4 Å². The van der Waals surface area contributed by atoms with Crippen molar-refractivity contribution in [2.45, 2.75) is 45.6 Å². The average Bonchev–Trinajstić information content (AvgIpc) is 2.64. The monoisotopic (exact) mass is 375 g/mol. The standard InChI is InChI=1S/C14H22BrN3O4/c1-14(2,3)22-13(20)16-11(9-7-21-8-9)5-18-10(6-19)4-12(15)17-18/h4,9,11,19H,5-8H2,1-3H3,(H,16,20). The second-order valence-corrected chi connectivity index (χ2v) is 7.16. The van der Waals surface area contributed by atoms with Gasteiger partial charge in [-0.15, -0.1) is 0 Å². The van der Waals surface area contributed by atoms with Crippen LogP contribution in [0.3, 0.4) is 0 Å². The van der Waals surface area contributed by atoms with Crippen LogP contribution in [0.15, 0.2) is 10.7 Å². The number of aromatic nitrogens is 2. The smallest absolute Gasteiger partial charge is 0.407 e. The molecule has 7 nitrogen and oxygen atoms in total. The first-order valence-electron chi connectivity index (χ1n) is 7.19. The number of ether oxygens (including phenoxy) is 2. The highest BCUT2D eigenvalue weighted by molar-refractivity contribution is 9.10. The summed E-state index contributed by atoms with van der Waals surface area (Å²) in [6.45, 7) is 7.00. The summed E-state index contributed by atoms with van der Waals surface area (Å²) < 4.78 is 12.9. The summed E-state index contributed by atoms with van der Waals surface area (Å²) in [5.74, 6) is 0.210. The maximum atomic E-state index is 12.0. The molecule has 0 radical (unpaired) electrons. The van der Waals surface area contributed by atoms with E-state index in [4.69, 9.17) is 9.47 Å². The number of hydrogen-bond acceptors (Lipinski definition) is 5. The van der Waals surface area contributed by atoms with E-state index in [1.165, 1.54) is 0 Å². The lowest BCUT2D eigenvalue weighted by molar-refractivity contribution is -0.0538. The minimum absolute atomic E-state index is 0.112. The molecule has 1 atom stereocenters. The van der Waals surface area contributed by atoms with Crippen LogP contribution in [0.25, 0.3) is 0 Å². The number of halogens is 1. The Bertz CT molecular complexity index is 523. The first-order valence-corrected chi connectivity index (χ1v) is 7.98. The molecule has 1 saturated heterocycles. The molecule has 2 N–H and O–H groups in total. The number of amides is 1. The number of nitrogens with one attached hydrogen (secondary N) is 1. The van der Waals surface area contributed by atoms with Gasteiger partial charge in [0.2, 0.25) is 0 Å². The summed E-state index contributed by atoms with van der Waals surface area (Å²) in [5, 5.41) is 16.5. The maximum absolute atomic E-state index is 12.0. The molecule has 1 fully saturated rings. The van der Waals surface area contributed by atoms with Crippen molar-refractivity contribution in [2.75, 3.05) is 13.2 Å². The van der Waals surface area contributed by atoms with E-state index in [-0.39, 0.29) is 18.6 Å². The van der Waals surface area contributed by atoms with Gasteiger partial charge < -0.3 is 19.9 Å². The number of aliphatic hydroxyl groups is 1. The molecule has 0 bridgehead atoms. The van der Waals surface area contributed by atoms with Crippen molar-refractivity contribution in [1.29, 1.82) is 0 Å². The van der Waals surface area contributed by atoms with Crippen LogP contribution in [0.1, 0.15) is 26.5 Å². The minimum atomic E-state index is -0.546. The Morgan fingerprint density at radius 2 is 2.32 bits per heavy atom. The molecular weight excluding hydrogens is 354 g/mol. The largest absolute Gasteiger partial charge is 0.444 e. The van der Waals surface area contributed by atoms with Gasteiger partial charge >= 0.3 is 6.09 Å². The number of carbonyl (C=O) groups excluding carboxylic acids is 1. The lowest BCUT2D eigenvalue weighted by Crippen LogP contribution is -2.51. The number of aliphatic hydroxyl groups excluding tert-OH is 1. The van der Waals surface area contributed by atoms with Crippen molar-refractivity contribution in [2.24, 2.45) is 5.92 Å². The van der Waals surface area contributed by atoms with Gasteiger partial charge in [0.25, 0.3) is 0 Å². The van der Waals surface area contributed by atoms with Crippen LogP contribution in [0.5, 0.6) is 0 Å². The number of nitrogens with zero attached hydrogens (tertiary/aromatic N) is 2. The molecule has 0 aliphatic carbocycles. The molecule has 0 aromatic carbocycles. The van der Waals surface area contributed by atoms with Gasteiger partial charge in [0.1, 0.15) is 10.2 Å². The molecule has 8 heteroatoms. The van der Waals surface area contributed by atoms with Crippen LogP contribution in [-0.4, -0.2) is 45.8 Å². The predicted octanol–water partition coefficient (Wildman–Crippen LogP) is 1.68. The molecule has 2 heterocycles. The third-order valence-electron chi connectivity index (χ3n) is 3.30. The van der Waals surface area contributed by atoms with Crippen molar-refractivity contribution < 1.29 is 19.4 Å². The molecule has 1 amide bonds. The van der Waals surface area contributed by atoms with Crippen LogP contribution in [0.2, 0.25) is 0 Å². The van der Waals surface area contributed by atoms with Gasteiger partial charge in [-0.25, -0.2) is 4.79 Å². The Morgan fingerprint density at radius 1 is 1.64 bits per heavy atom. The Kier molecular flexibility index (Phi) is 5.46. The molecule has 0 saturated carbocycles. The lowest BCUT2D eigenvalue weighted by atomic mass is 9.98. The summed E-state index contributed by atoms with van der Waals surface area (Å²) in [6, 6.07) is 1.59. The zero-order chi connectivity index (χ0) is 16.3. The van der Waals surface area contributed by atoms with Gasteiger partial charge in [0.05, 0.1) is 38.1 Å². The van der Waals surface area contributed by atoms with Crippen LogP contribution < -0.4 is 5.32 Å². The number of rotatable bonds is 5. The summed E-state index contributed by atoms with van der Waals surface area (Å²) in [6.07, 6.45) is -0.457. The van der Waals surface area contributed by atoms with E-state index >= 15 is 0 Å². The minimum Gasteiger partial charge on any atom is -0.444 e. The van der Waals surface area contributed by atoms with Gasteiger partial charge in [-0.1, -0.05) is 0 Å². The summed E-state index contributed by atoms with van der Waals surface area (Å²) in [7, 11) is 0. The molecule has 1 aromatic heterocycles. The SMILES string of the molecule is CC(C)(C)OC(=O)NC(Cn1nc(Br)cc1CO)C1COC1. The average molecular weight is 376 g/mol. The van der Waals surface area contributed by atoms with Crippen molar-refractivity contribution >= 4 is 22.0 Å². The number of hydrogen-bond donors (Lipinski definition) is 2. The second-order valence-electron chi connectivity index (χ2n) is 6.35. The van der Waals surface area contributed by atoms with Crippen molar-refractivity contribution in [3.63, 3.8) is 0 Å². The zero-order valence-corrected chi connectivity index (χ0v) is 14.6. The quantitative estimate of drug-likeness (QED) is 0.817. The molecule has 1 unspecified atom stereocenters. The van der Waals surface area contributed by atoms with E-state index in [0.717, 1.165) is 0 Å². The molecule has 2 rings (SSSR count). The zero-order valence-electron chi connectivity index (χ0n) is 13.0. The van der Waals surface area contributed by atoms with Gasteiger partial charge in [0.15, 0.2) is 0 Å². The number of carbonyl (C=O) groups is 1. The van der Waals surface area contributed by atoms with Crippen LogP contribution in [0.4, 0.5) is 4.79 Å². The summed E-state index contributed by atoms with van der Waals surface area (Å²) in [4.78, 5) is 12.0. The van der Waals surface area contributed by atoms with Crippen molar-refractivity contribution in [3.8, 4) is 0 Å². The third-order valence-corrected chi connectivity index (χ3v) is 3.69. The van der Waals surface area contributed by atoms with E-state index in [1.807, 2.05) is 20.8 Å². The Balaban J connectivity index is 2.04. The normalized spacial score (nSPS) is 17.0. The molecule has 124 valence electrons. The fourth-order valence-corrected chi connectivity index (χ4v) is 2.61. The van der Waals surface area contributed by atoms with Gasteiger partial charge in [-0.3, -0.25) is 4.68 Å². The van der Waals surface area contributed by atoms with E-state index in [2.05, 4.69) is 26.3 Å². The van der Waals surface area contributed by atoms with E-state index in [1.54, 1.807) is 10.7 Å². The van der Waals surface area contributed by atoms with Crippen LogP contribution >= 0.6 is 15.9 Å². The highest BCUT2D eigenvalue weighted by Gasteiger charge is 2.32. The molecule has 0 spiro atoms. The molecule has 1 aromatic rings. The fourth-order valence-electron chi connectivity index (χ4n) is 2.15. The Hall–Kier alpha value is -1.12. The second kappa shape index (κ2) is 6.97. The maximum Gasteiger partial charge on any atom is 0.407 e. The Morgan fingerprint density at radius 3 is 2.82 bits per heavy atom. The highest BCUT2D eigenvalue weighted by Crippen LogP contribution is 2.19. The molecule has 1 aliphatic heterocycles. The van der Waals surface area contributed by atoms with Crippen molar-refractivity contribution in [1.82, 2.24) is 15.1 Å². The van der Waals surface area contributed by atoms with Gasteiger partial charge in [-0.05, 0) is 42.8 Å². The highest BCUT2D eigenvalue weighted by atomic mass is 79.9. The first kappa shape index (κ1) is 17.2.